The molecule has 0 unspecified atom stereocenters. The van der Waals surface area contributed by atoms with Crippen molar-refractivity contribution in [3.8, 4) is 0 Å². The Kier molecular flexibility index (Phi) is 4.54. The van der Waals surface area contributed by atoms with E-state index in [1.54, 1.807) is 6.07 Å². The smallest absolute Gasteiger partial charge is 0.256 e. The maximum atomic E-state index is 13.7. The first kappa shape index (κ1) is 14.4. The minimum absolute atomic E-state index is 0.170. The van der Waals surface area contributed by atoms with Crippen LogP contribution in [0.5, 0.6) is 0 Å². The highest BCUT2D eigenvalue weighted by atomic mass is 79.9. The van der Waals surface area contributed by atoms with E-state index in [2.05, 4.69) is 26.6 Å². The van der Waals surface area contributed by atoms with Crippen LogP contribution in [0.3, 0.4) is 0 Å². The third-order valence-corrected chi connectivity index (χ3v) is 3.89. The predicted molar refractivity (Wildman–Crippen MR) is 74.6 cm³/mol. The molecule has 1 aliphatic rings. The van der Waals surface area contributed by atoms with Gasteiger partial charge in [-0.25, -0.2) is 4.39 Å². The second-order valence-corrected chi connectivity index (χ2v) is 5.44. The number of amides is 1. The summed E-state index contributed by atoms with van der Waals surface area (Å²) in [5.74, 6) is -0.763. The van der Waals surface area contributed by atoms with Gasteiger partial charge in [-0.1, -0.05) is 15.9 Å². The van der Waals surface area contributed by atoms with Crippen molar-refractivity contribution in [2.75, 3.05) is 25.5 Å². The van der Waals surface area contributed by atoms with Crippen LogP contribution >= 0.6 is 15.9 Å². The molecule has 1 aromatic carbocycles. The highest BCUT2D eigenvalue weighted by Gasteiger charge is 2.39. The summed E-state index contributed by atoms with van der Waals surface area (Å²) in [5, 5.41) is 5.78. The molecule has 2 N–H and O–H groups in total. The fourth-order valence-corrected chi connectivity index (χ4v) is 2.51. The van der Waals surface area contributed by atoms with E-state index in [1.807, 2.05) is 0 Å². The molecule has 4 nitrogen and oxygen atoms in total. The van der Waals surface area contributed by atoms with Gasteiger partial charge in [-0.3, -0.25) is 4.79 Å². The molecule has 1 heterocycles. The molecule has 1 amide bonds. The largest absolute Gasteiger partial charge is 0.368 e. The van der Waals surface area contributed by atoms with E-state index in [0.717, 1.165) is 0 Å². The van der Waals surface area contributed by atoms with Gasteiger partial charge < -0.3 is 15.4 Å². The Morgan fingerprint density at radius 3 is 2.74 bits per heavy atom. The molecule has 1 aliphatic heterocycles. The van der Waals surface area contributed by atoms with Crippen LogP contribution in [0.1, 0.15) is 12.8 Å². The third-order valence-electron chi connectivity index (χ3n) is 3.40. The number of carbonyl (C=O) groups excluding carboxylic acids is 1. The molecule has 0 radical (unpaired) electrons. The summed E-state index contributed by atoms with van der Waals surface area (Å²) in [6.07, 6.45) is 1.15. The molecule has 2 rings (SSSR count). The van der Waals surface area contributed by atoms with Crippen LogP contribution in [0, 0.1) is 5.82 Å². The molecule has 104 valence electrons. The van der Waals surface area contributed by atoms with E-state index in [1.165, 1.54) is 19.2 Å². The second-order valence-electron chi connectivity index (χ2n) is 4.53. The zero-order chi connectivity index (χ0) is 13.9. The lowest BCUT2D eigenvalue weighted by molar-refractivity contribution is -0.140. The summed E-state index contributed by atoms with van der Waals surface area (Å²) < 4.78 is 19.7. The number of rotatable bonds is 3. The standard InChI is InChI=1S/C13H16BrFN2O2/c1-19-13(4-6-16-7-5-13)12(18)17-11-3-2-9(14)8-10(11)15/h2-3,8,16H,4-7H2,1H3,(H,17,18). The number of hydrogen-bond donors (Lipinski definition) is 2. The molecule has 0 saturated carbocycles. The maximum Gasteiger partial charge on any atom is 0.256 e. The predicted octanol–water partition coefficient (Wildman–Crippen LogP) is 2.30. The summed E-state index contributed by atoms with van der Waals surface area (Å²) in [4.78, 5) is 12.3. The Bertz CT molecular complexity index is 476. The minimum atomic E-state index is -0.870. The Labute approximate surface area is 119 Å². The number of hydrogen-bond acceptors (Lipinski definition) is 3. The quantitative estimate of drug-likeness (QED) is 0.894. The highest BCUT2D eigenvalue weighted by Crippen LogP contribution is 2.26. The van der Waals surface area contributed by atoms with Crippen molar-refractivity contribution in [2.24, 2.45) is 0 Å². The Balaban J connectivity index is 2.15. The van der Waals surface area contributed by atoms with E-state index in [0.29, 0.717) is 30.4 Å². The molecule has 6 heteroatoms. The first-order valence-electron chi connectivity index (χ1n) is 6.10. The summed E-state index contributed by atoms with van der Waals surface area (Å²) in [6.45, 7) is 1.42. The number of halogens is 2. The van der Waals surface area contributed by atoms with Crippen LogP contribution in [0.25, 0.3) is 0 Å². The normalized spacial score (nSPS) is 18.1. The molecule has 1 aromatic rings. The average molecular weight is 331 g/mol. The molecule has 19 heavy (non-hydrogen) atoms. The maximum absolute atomic E-state index is 13.7. The number of piperidine rings is 1. The summed E-state index contributed by atoms with van der Waals surface area (Å²) in [6, 6.07) is 4.53. The van der Waals surface area contributed by atoms with Crippen molar-refractivity contribution in [2.45, 2.75) is 18.4 Å². The summed E-state index contributed by atoms with van der Waals surface area (Å²) >= 11 is 3.18. The molecule has 0 atom stereocenters. The van der Waals surface area contributed by atoms with Crippen LogP contribution in [-0.4, -0.2) is 31.7 Å². The molecule has 0 aliphatic carbocycles. The number of nitrogens with one attached hydrogen (secondary N) is 2. The Hall–Kier alpha value is -0.980. The molecule has 0 spiro atoms. The van der Waals surface area contributed by atoms with E-state index in [-0.39, 0.29) is 11.6 Å². The zero-order valence-corrected chi connectivity index (χ0v) is 12.2. The van der Waals surface area contributed by atoms with Crippen LogP contribution in [-0.2, 0) is 9.53 Å². The lowest BCUT2D eigenvalue weighted by atomic mass is 9.91. The van der Waals surface area contributed by atoms with Crippen LogP contribution in [0.2, 0.25) is 0 Å². The van der Waals surface area contributed by atoms with Crippen molar-refractivity contribution in [1.29, 1.82) is 0 Å². The SMILES string of the molecule is COC1(C(=O)Nc2ccc(Br)cc2F)CCNCC1. The van der Waals surface area contributed by atoms with Crippen LogP contribution in [0.15, 0.2) is 22.7 Å². The van der Waals surface area contributed by atoms with Crippen molar-refractivity contribution in [1.82, 2.24) is 5.32 Å². The zero-order valence-electron chi connectivity index (χ0n) is 10.6. The molecular weight excluding hydrogens is 315 g/mol. The first-order chi connectivity index (χ1) is 9.07. The van der Waals surface area contributed by atoms with Gasteiger partial charge in [-0.2, -0.15) is 0 Å². The van der Waals surface area contributed by atoms with Gasteiger partial charge in [0.25, 0.3) is 5.91 Å². The topological polar surface area (TPSA) is 50.4 Å². The van der Waals surface area contributed by atoms with Crippen molar-refractivity contribution < 1.29 is 13.9 Å². The van der Waals surface area contributed by atoms with E-state index in [4.69, 9.17) is 4.74 Å². The van der Waals surface area contributed by atoms with Gasteiger partial charge in [0, 0.05) is 11.6 Å². The van der Waals surface area contributed by atoms with Gasteiger partial charge in [0.15, 0.2) is 0 Å². The first-order valence-corrected chi connectivity index (χ1v) is 6.89. The number of methoxy groups -OCH3 is 1. The average Bonchev–Trinajstić information content (AvgIpc) is 2.42. The van der Waals surface area contributed by atoms with Gasteiger partial charge in [-0.15, -0.1) is 0 Å². The number of anilines is 1. The van der Waals surface area contributed by atoms with Crippen molar-refractivity contribution >= 4 is 27.5 Å². The minimum Gasteiger partial charge on any atom is -0.368 e. The number of ether oxygens (including phenoxy) is 1. The summed E-state index contributed by atoms with van der Waals surface area (Å²) in [7, 11) is 1.52. The monoisotopic (exact) mass is 330 g/mol. The van der Waals surface area contributed by atoms with Crippen molar-refractivity contribution in [3.63, 3.8) is 0 Å². The Morgan fingerprint density at radius 1 is 1.47 bits per heavy atom. The highest BCUT2D eigenvalue weighted by molar-refractivity contribution is 9.10. The fraction of sp³-hybridized carbons (Fsp3) is 0.462. The molecule has 1 saturated heterocycles. The third kappa shape index (κ3) is 3.13. The molecule has 0 aromatic heterocycles. The number of benzene rings is 1. The molecule has 1 fully saturated rings. The van der Waals surface area contributed by atoms with E-state index < -0.39 is 11.4 Å². The second kappa shape index (κ2) is 5.98. The number of carbonyl (C=O) groups is 1. The molecular formula is C13H16BrFN2O2. The van der Waals surface area contributed by atoms with Crippen molar-refractivity contribution in [3.05, 3.63) is 28.5 Å². The lowest BCUT2D eigenvalue weighted by Crippen LogP contribution is -2.51. The van der Waals surface area contributed by atoms with Gasteiger partial charge in [0.2, 0.25) is 0 Å². The lowest BCUT2D eigenvalue weighted by Gasteiger charge is -2.34. The van der Waals surface area contributed by atoms with Crippen LogP contribution in [0.4, 0.5) is 10.1 Å². The fourth-order valence-electron chi connectivity index (χ4n) is 2.18. The summed E-state index contributed by atoms with van der Waals surface area (Å²) in [5.41, 5.74) is -0.701. The van der Waals surface area contributed by atoms with Gasteiger partial charge >= 0.3 is 0 Å². The van der Waals surface area contributed by atoms with E-state index >= 15 is 0 Å². The molecule has 0 bridgehead atoms. The van der Waals surface area contributed by atoms with E-state index in [9.17, 15) is 9.18 Å². The van der Waals surface area contributed by atoms with Gasteiger partial charge in [-0.05, 0) is 44.1 Å². The van der Waals surface area contributed by atoms with Gasteiger partial charge in [0.05, 0.1) is 5.69 Å². The van der Waals surface area contributed by atoms with Gasteiger partial charge in [0.1, 0.15) is 11.4 Å². The Morgan fingerprint density at radius 2 is 2.16 bits per heavy atom. The van der Waals surface area contributed by atoms with Crippen LogP contribution < -0.4 is 10.6 Å².